The second kappa shape index (κ2) is 8.82. The molecule has 27 heavy (non-hydrogen) atoms. The highest BCUT2D eigenvalue weighted by atomic mass is 16.2. The first-order valence-electron chi connectivity index (χ1n) is 9.41. The Balaban J connectivity index is 1.60. The van der Waals surface area contributed by atoms with Crippen LogP contribution in [0.5, 0.6) is 0 Å². The number of carbonyl (C=O) groups excluding carboxylic acids is 2. The van der Waals surface area contributed by atoms with E-state index in [0.717, 1.165) is 24.2 Å². The number of nitrogens with zero attached hydrogens (tertiary/aromatic N) is 2. The number of carbonyl (C=O) groups is 2. The maximum atomic E-state index is 12.7. The van der Waals surface area contributed by atoms with Crippen LogP contribution in [0.1, 0.15) is 24.0 Å². The number of likely N-dealkylation sites (tertiary alicyclic amines) is 1. The van der Waals surface area contributed by atoms with E-state index in [4.69, 9.17) is 0 Å². The Morgan fingerprint density at radius 1 is 1.04 bits per heavy atom. The maximum Gasteiger partial charge on any atom is 0.247 e. The Labute approximate surface area is 161 Å². The molecule has 0 aromatic heterocycles. The summed E-state index contributed by atoms with van der Waals surface area (Å²) in [5.41, 5.74) is 2.94. The first kappa shape index (κ1) is 19.1. The highest BCUT2D eigenvalue weighted by Crippen LogP contribution is 2.21. The second-order valence-electron chi connectivity index (χ2n) is 7.33. The van der Waals surface area contributed by atoms with Crippen LogP contribution in [-0.2, 0) is 22.6 Å². The minimum absolute atomic E-state index is 0.0141. The second-order valence-corrected chi connectivity index (χ2v) is 7.33. The molecular formula is C22H27N3O2. The van der Waals surface area contributed by atoms with Gasteiger partial charge in [-0.15, -0.1) is 0 Å². The van der Waals surface area contributed by atoms with Gasteiger partial charge in [-0.25, -0.2) is 0 Å². The number of benzene rings is 2. The molecule has 5 heteroatoms. The fraction of sp³-hybridized carbons (Fsp3) is 0.364. The van der Waals surface area contributed by atoms with Crippen LogP contribution in [0.2, 0.25) is 0 Å². The van der Waals surface area contributed by atoms with Crippen molar-refractivity contribution in [3.8, 4) is 0 Å². The first-order valence-corrected chi connectivity index (χ1v) is 9.41. The lowest BCUT2D eigenvalue weighted by atomic mass is 10.1. The predicted molar refractivity (Wildman–Crippen MR) is 107 cm³/mol. The molecule has 1 unspecified atom stereocenters. The third kappa shape index (κ3) is 5.17. The molecular weight excluding hydrogens is 338 g/mol. The van der Waals surface area contributed by atoms with E-state index < -0.39 is 0 Å². The van der Waals surface area contributed by atoms with Gasteiger partial charge in [0, 0.05) is 18.8 Å². The molecule has 1 atom stereocenters. The molecule has 0 saturated carbocycles. The zero-order chi connectivity index (χ0) is 19.2. The number of amides is 2. The van der Waals surface area contributed by atoms with Crippen LogP contribution in [0.25, 0.3) is 0 Å². The molecule has 1 N–H and O–H groups in total. The van der Waals surface area contributed by atoms with Crippen LogP contribution in [-0.4, -0.2) is 48.3 Å². The van der Waals surface area contributed by atoms with E-state index in [9.17, 15) is 9.59 Å². The SMILES string of the molecule is CN(C)Cc1ccc(NC(=O)C2CCCN2C(=O)Cc2ccccc2)cc1. The molecule has 0 radical (unpaired) electrons. The van der Waals surface area contributed by atoms with Gasteiger partial charge in [-0.05, 0) is 50.2 Å². The van der Waals surface area contributed by atoms with E-state index in [-0.39, 0.29) is 17.9 Å². The molecule has 0 bridgehead atoms. The third-order valence-corrected chi connectivity index (χ3v) is 4.79. The van der Waals surface area contributed by atoms with Gasteiger partial charge in [0.25, 0.3) is 0 Å². The van der Waals surface area contributed by atoms with E-state index in [1.165, 1.54) is 5.56 Å². The van der Waals surface area contributed by atoms with Crippen molar-refractivity contribution in [2.24, 2.45) is 0 Å². The van der Waals surface area contributed by atoms with Crippen molar-refractivity contribution in [3.05, 3.63) is 65.7 Å². The zero-order valence-electron chi connectivity index (χ0n) is 16.0. The van der Waals surface area contributed by atoms with E-state index in [1.807, 2.05) is 68.7 Å². The highest BCUT2D eigenvalue weighted by Gasteiger charge is 2.33. The Morgan fingerprint density at radius 3 is 2.41 bits per heavy atom. The maximum absolute atomic E-state index is 12.7. The lowest BCUT2D eigenvalue weighted by Gasteiger charge is -2.24. The normalized spacial score (nSPS) is 16.6. The summed E-state index contributed by atoms with van der Waals surface area (Å²) in [7, 11) is 4.05. The van der Waals surface area contributed by atoms with Crippen LogP contribution in [0, 0.1) is 0 Å². The van der Waals surface area contributed by atoms with Crippen LogP contribution < -0.4 is 5.32 Å². The number of rotatable bonds is 6. The number of hydrogen-bond acceptors (Lipinski definition) is 3. The number of anilines is 1. The smallest absolute Gasteiger partial charge is 0.247 e. The van der Waals surface area contributed by atoms with E-state index >= 15 is 0 Å². The van der Waals surface area contributed by atoms with Gasteiger partial charge in [0.05, 0.1) is 6.42 Å². The van der Waals surface area contributed by atoms with Gasteiger partial charge in [0.2, 0.25) is 11.8 Å². The standard InChI is InChI=1S/C22H27N3O2/c1-24(2)16-18-10-12-19(13-11-18)23-22(27)20-9-6-14-25(20)21(26)15-17-7-4-3-5-8-17/h3-5,7-8,10-13,20H,6,9,14-16H2,1-2H3,(H,23,27). The third-order valence-electron chi connectivity index (χ3n) is 4.79. The summed E-state index contributed by atoms with van der Waals surface area (Å²) in [5, 5.41) is 2.97. The summed E-state index contributed by atoms with van der Waals surface area (Å²) < 4.78 is 0. The van der Waals surface area contributed by atoms with Gasteiger partial charge in [-0.1, -0.05) is 42.5 Å². The van der Waals surface area contributed by atoms with Crippen molar-refractivity contribution < 1.29 is 9.59 Å². The summed E-state index contributed by atoms with van der Waals surface area (Å²) in [5.74, 6) is -0.0885. The first-order chi connectivity index (χ1) is 13.0. The molecule has 2 aromatic carbocycles. The Hall–Kier alpha value is -2.66. The van der Waals surface area contributed by atoms with Crippen molar-refractivity contribution in [2.45, 2.75) is 31.8 Å². The molecule has 1 aliphatic heterocycles. The lowest BCUT2D eigenvalue weighted by molar-refractivity contribution is -0.136. The van der Waals surface area contributed by atoms with Crippen molar-refractivity contribution in [3.63, 3.8) is 0 Å². The molecule has 1 heterocycles. The van der Waals surface area contributed by atoms with Crippen molar-refractivity contribution in [1.29, 1.82) is 0 Å². The number of nitrogens with one attached hydrogen (secondary N) is 1. The molecule has 0 spiro atoms. The summed E-state index contributed by atoms with van der Waals surface area (Å²) in [6.07, 6.45) is 1.91. The van der Waals surface area contributed by atoms with Crippen molar-refractivity contribution in [1.82, 2.24) is 9.80 Å². The monoisotopic (exact) mass is 365 g/mol. The van der Waals surface area contributed by atoms with Crippen molar-refractivity contribution in [2.75, 3.05) is 26.0 Å². The molecule has 1 aliphatic rings. The minimum Gasteiger partial charge on any atom is -0.330 e. The fourth-order valence-electron chi connectivity index (χ4n) is 3.49. The summed E-state index contributed by atoms with van der Waals surface area (Å²) in [4.78, 5) is 29.2. The predicted octanol–water partition coefficient (Wildman–Crippen LogP) is 2.92. The van der Waals surface area contributed by atoms with Gasteiger partial charge in [-0.2, -0.15) is 0 Å². The van der Waals surface area contributed by atoms with Gasteiger partial charge in [0.1, 0.15) is 6.04 Å². The molecule has 2 aromatic rings. The molecule has 1 fully saturated rings. The zero-order valence-corrected chi connectivity index (χ0v) is 16.0. The lowest BCUT2D eigenvalue weighted by Crippen LogP contribution is -2.43. The molecule has 142 valence electrons. The largest absolute Gasteiger partial charge is 0.330 e. The Bertz CT molecular complexity index is 772. The van der Waals surface area contributed by atoms with Crippen LogP contribution in [0.15, 0.2) is 54.6 Å². The summed E-state index contributed by atoms with van der Waals surface area (Å²) in [6, 6.07) is 17.2. The van der Waals surface area contributed by atoms with Crippen molar-refractivity contribution >= 4 is 17.5 Å². The van der Waals surface area contributed by atoms with Crippen LogP contribution in [0.3, 0.4) is 0 Å². The molecule has 2 amide bonds. The average Bonchev–Trinajstić information content (AvgIpc) is 3.14. The quantitative estimate of drug-likeness (QED) is 0.856. The molecule has 3 rings (SSSR count). The summed E-state index contributed by atoms with van der Waals surface area (Å²) >= 11 is 0. The Morgan fingerprint density at radius 2 is 1.74 bits per heavy atom. The summed E-state index contributed by atoms with van der Waals surface area (Å²) in [6.45, 7) is 1.50. The van der Waals surface area contributed by atoms with Crippen LogP contribution >= 0.6 is 0 Å². The molecule has 0 aliphatic carbocycles. The van der Waals surface area contributed by atoms with E-state index in [1.54, 1.807) is 4.90 Å². The van der Waals surface area contributed by atoms with Gasteiger partial charge in [0.15, 0.2) is 0 Å². The van der Waals surface area contributed by atoms with Gasteiger partial charge >= 0.3 is 0 Å². The van der Waals surface area contributed by atoms with Gasteiger partial charge in [-0.3, -0.25) is 9.59 Å². The molecule has 1 saturated heterocycles. The van der Waals surface area contributed by atoms with E-state index in [2.05, 4.69) is 10.2 Å². The average molecular weight is 365 g/mol. The van der Waals surface area contributed by atoms with E-state index in [0.29, 0.717) is 19.4 Å². The topological polar surface area (TPSA) is 52.7 Å². The fourth-order valence-corrected chi connectivity index (χ4v) is 3.49. The number of hydrogen-bond donors (Lipinski definition) is 1. The highest BCUT2D eigenvalue weighted by molar-refractivity contribution is 5.97. The molecule has 5 nitrogen and oxygen atoms in total. The minimum atomic E-state index is -0.386. The van der Waals surface area contributed by atoms with Gasteiger partial charge < -0.3 is 15.1 Å². The Kier molecular flexibility index (Phi) is 6.24. The van der Waals surface area contributed by atoms with Crippen LogP contribution in [0.4, 0.5) is 5.69 Å².